The molecule has 3 rings (SSSR count). The van der Waals surface area contributed by atoms with E-state index < -0.39 is 22.8 Å². The van der Waals surface area contributed by atoms with Crippen LogP contribution in [0.3, 0.4) is 0 Å². The average Bonchev–Trinajstić information content (AvgIpc) is 3.27. The summed E-state index contributed by atoms with van der Waals surface area (Å²) in [6.45, 7) is 0. The quantitative estimate of drug-likeness (QED) is 0.438. The van der Waals surface area contributed by atoms with Gasteiger partial charge in [0.2, 0.25) is 5.91 Å². The Bertz CT molecular complexity index is 1010. The van der Waals surface area contributed by atoms with Gasteiger partial charge in [0.1, 0.15) is 5.00 Å². The number of nitrogens with zero attached hydrogens (tertiary/aromatic N) is 1. The van der Waals surface area contributed by atoms with Crippen LogP contribution in [0, 0.1) is 10.1 Å². The molecule has 1 aromatic heterocycles. The standard InChI is InChI=1S/C19H17N3O6S/c1-28-19(25)21-17(24)16-13-3-2-4-14(13)29-18(16)20-15(23)10-7-11-5-8-12(9-6-11)22(26)27/h5-10H,2-4H2,1H3,(H,20,23)(H,21,24,25)/b10-7+. The van der Waals surface area contributed by atoms with Gasteiger partial charge in [-0.2, -0.15) is 0 Å². The van der Waals surface area contributed by atoms with Crippen molar-refractivity contribution in [1.29, 1.82) is 0 Å². The first kappa shape index (κ1) is 20.2. The van der Waals surface area contributed by atoms with Crippen LogP contribution in [0.5, 0.6) is 0 Å². The molecule has 1 aliphatic rings. The molecule has 0 saturated heterocycles. The molecule has 0 bridgehead atoms. The largest absolute Gasteiger partial charge is 0.453 e. The molecule has 2 aromatic rings. The van der Waals surface area contributed by atoms with Crippen LogP contribution in [-0.2, 0) is 22.4 Å². The number of amides is 3. The van der Waals surface area contributed by atoms with E-state index in [1.807, 2.05) is 0 Å². The molecular weight excluding hydrogens is 398 g/mol. The van der Waals surface area contributed by atoms with Crippen molar-refractivity contribution in [2.24, 2.45) is 0 Å². The molecule has 2 N–H and O–H groups in total. The Morgan fingerprint density at radius 1 is 1.21 bits per heavy atom. The Morgan fingerprint density at radius 3 is 2.59 bits per heavy atom. The molecule has 1 aliphatic carbocycles. The third kappa shape index (κ3) is 4.66. The van der Waals surface area contributed by atoms with Crippen LogP contribution in [0.15, 0.2) is 30.3 Å². The number of methoxy groups -OCH3 is 1. The van der Waals surface area contributed by atoms with E-state index in [0.717, 1.165) is 30.4 Å². The second-order valence-electron chi connectivity index (χ2n) is 6.18. The van der Waals surface area contributed by atoms with Gasteiger partial charge in [-0.25, -0.2) is 4.79 Å². The zero-order valence-electron chi connectivity index (χ0n) is 15.4. The molecule has 1 heterocycles. The number of fused-ring (bicyclic) bond motifs is 1. The molecule has 0 saturated carbocycles. The van der Waals surface area contributed by atoms with Crippen LogP contribution < -0.4 is 10.6 Å². The number of ether oxygens (including phenoxy) is 1. The third-order valence-corrected chi connectivity index (χ3v) is 5.52. The van der Waals surface area contributed by atoms with Crippen LogP contribution in [0.4, 0.5) is 15.5 Å². The SMILES string of the molecule is COC(=O)NC(=O)c1c(NC(=O)/C=C/c2ccc([N+](=O)[O-])cc2)sc2c1CCC2. The number of hydrogen-bond acceptors (Lipinski definition) is 7. The number of anilines is 1. The number of non-ortho nitro benzene ring substituents is 1. The first-order chi connectivity index (χ1) is 13.9. The van der Waals surface area contributed by atoms with Crippen molar-refractivity contribution in [3.8, 4) is 0 Å². The highest BCUT2D eigenvalue weighted by atomic mass is 32.1. The lowest BCUT2D eigenvalue weighted by Crippen LogP contribution is -2.31. The molecule has 9 nitrogen and oxygen atoms in total. The number of nitro benzene ring substituents is 1. The Morgan fingerprint density at radius 2 is 1.93 bits per heavy atom. The van der Waals surface area contributed by atoms with Crippen molar-refractivity contribution >= 4 is 46.0 Å². The van der Waals surface area contributed by atoms with E-state index in [0.29, 0.717) is 17.0 Å². The molecule has 0 aliphatic heterocycles. The van der Waals surface area contributed by atoms with Crippen molar-refractivity contribution < 1.29 is 24.0 Å². The molecule has 0 fully saturated rings. The molecule has 150 valence electrons. The highest BCUT2D eigenvalue weighted by Gasteiger charge is 2.28. The van der Waals surface area contributed by atoms with Gasteiger partial charge in [-0.3, -0.25) is 25.0 Å². The third-order valence-electron chi connectivity index (χ3n) is 4.32. The van der Waals surface area contributed by atoms with Crippen molar-refractivity contribution in [1.82, 2.24) is 5.32 Å². The summed E-state index contributed by atoms with van der Waals surface area (Å²) >= 11 is 1.31. The van der Waals surface area contributed by atoms with Crippen LogP contribution in [0.25, 0.3) is 6.08 Å². The number of thiophene rings is 1. The lowest BCUT2D eigenvalue weighted by molar-refractivity contribution is -0.384. The summed E-state index contributed by atoms with van der Waals surface area (Å²) < 4.78 is 4.46. The summed E-state index contributed by atoms with van der Waals surface area (Å²) in [5.74, 6) is -1.08. The van der Waals surface area contributed by atoms with Gasteiger partial charge < -0.3 is 10.1 Å². The number of rotatable bonds is 5. The first-order valence-corrected chi connectivity index (χ1v) is 9.48. The number of nitro groups is 1. The van der Waals surface area contributed by atoms with Gasteiger partial charge in [0.05, 0.1) is 17.6 Å². The first-order valence-electron chi connectivity index (χ1n) is 8.66. The van der Waals surface area contributed by atoms with E-state index in [9.17, 15) is 24.5 Å². The normalized spacial score (nSPS) is 12.4. The predicted octanol–water partition coefficient (Wildman–Crippen LogP) is 3.29. The minimum absolute atomic E-state index is 0.0408. The van der Waals surface area contributed by atoms with Gasteiger partial charge in [0.15, 0.2) is 0 Å². The topological polar surface area (TPSA) is 128 Å². The van der Waals surface area contributed by atoms with Crippen molar-refractivity contribution in [3.05, 3.63) is 62.0 Å². The second-order valence-corrected chi connectivity index (χ2v) is 7.28. The summed E-state index contributed by atoms with van der Waals surface area (Å²) in [5.41, 5.74) is 1.69. The zero-order valence-corrected chi connectivity index (χ0v) is 16.2. The molecule has 0 atom stereocenters. The predicted molar refractivity (Wildman–Crippen MR) is 107 cm³/mol. The average molecular weight is 415 g/mol. The number of hydrogen-bond donors (Lipinski definition) is 2. The van der Waals surface area contributed by atoms with E-state index in [4.69, 9.17) is 0 Å². The highest BCUT2D eigenvalue weighted by Crippen LogP contribution is 2.39. The smallest absolute Gasteiger partial charge is 0.413 e. The second kappa shape index (κ2) is 8.65. The number of benzene rings is 1. The summed E-state index contributed by atoms with van der Waals surface area (Å²) in [4.78, 5) is 47.4. The van der Waals surface area contributed by atoms with E-state index >= 15 is 0 Å². The highest BCUT2D eigenvalue weighted by molar-refractivity contribution is 7.17. The molecule has 0 radical (unpaired) electrons. The monoisotopic (exact) mass is 415 g/mol. The minimum Gasteiger partial charge on any atom is -0.453 e. The fraction of sp³-hybridized carbons (Fsp3) is 0.211. The molecule has 0 spiro atoms. The van der Waals surface area contributed by atoms with Crippen LogP contribution in [-0.4, -0.2) is 29.9 Å². The number of carbonyl (C=O) groups excluding carboxylic acids is 3. The van der Waals surface area contributed by atoms with E-state index in [1.54, 1.807) is 0 Å². The lowest BCUT2D eigenvalue weighted by atomic mass is 10.1. The Kier molecular flexibility index (Phi) is 6.03. The molecule has 10 heteroatoms. The minimum atomic E-state index is -0.872. The van der Waals surface area contributed by atoms with Gasteiger partial charge in [0.25, 0.3) is 11.6 Å². The molecule has 1 aromatic carbocycles. The maximum absolute atomic E-state index is 12.5. The maximum Gasteiger partial charge on any atom is 0.413 e. The van der Waals surface area contributed by atoms with Crippen molar-refractivity contribution in [2.45, 2.75) is 19.3 Å². The number of nitrogens with one attached hydrogen (secondary N) is 2. The van der Waals surface area contributed by atoms with Crippen molar-refractivity contribution in [3.63, 3.8) is 0 Å². The zero-order chi connectivity index (χ0) is 21.0. The fourth-order valence-corrected chi connectivity index (χ4v) is 4.26. The van der Waals surface area contributed by atoms with E-state index in [-0.39, 0.29) is 11.3 Å². The Labute approximate surface area is 169 Å². The Balaban J connectivity index is 1.75. The van der Waals surface area contributed by atoms with Crippen LogP contribution in [0.1, 0.15) is 32.8 Å². The summed E-state index contributed by atoms with van der Waals surface area (Å²) in [6.07, 6.45) is 4.33. The van der Waals surface area contributed by atoms with Crippen LogP contribution >= 0.6 is 11.3 Å². The van der Waals surface area contributed by atoms with Gasteiger partial charge in [-0.15, -0.1) is 11.3 Å². The van der Waals surface area contributed by atoms with E-state index in [2.05, 4.69) is 15.4 Å². The van der Waals surface area contributed by atoms with Gasteiger partial charge >= 0.3 is 6.09 Å². The fourth-order valence-electron chi connectivity index (χ4n) is 2.97. The number of carbonyl (C=O) groups is 3. The number of aryl methyl sites for hydroxylation is 1. The molecular formula is C19H17N3O6S. The Hall–Kier alpha value is -3.53. The van der Waals surface area contributed by atoms with E-state index in [1.165, 1.54) is 47.8 Å². The number of alkyl carbamates (subject to hydrolysis) is 1. The van der Waals surface area contributed by atoms with Gasteiger partial charge in [-0.05, 0) is 48.6 Å². The maximum atomic E-state index is 12.5. The summed E-state index contributed by atoms with van der Waals surface area (Å²) in [7, 11) is 1.16. The van der Waals surface area contributed by atoms with Gasteiger partial charge in [0, 0.05) is 23.1 Å². The number of imide groups is 1. The summed E-state index contributed by atoms with van der Waals surface area (Å²) in [5, 5.41) is 15.9. The van der Waals surface area contributed by atoms with Crippen molar-refractivity contribution in [2.75, 3.05) is 12.4 Å². The van der Waals surface area contributed by atoms with Crippen LogP contribution in [0.2, 0.25) is 0 Å². The lowest BCUT2D eigenvalue weighted by Gasteiger charge is -2.07. The summed E-state index contributed by atoms with van der Waals surface area (Å²) in [6, 6.07) is 5.74. The van der Waals surface area contributed by atoms with Gasteiger partial charge in [-0.1, -0.05) is 0 Å². The molecule has 3 amide bonds. The molecule has 29 heavy (non-hydrogen) atoms. The molecule has 0 unspecified atom stereocenters.